The molecule has 0 bridgehead atoms. The quantitative estimate of drug-likeness (QED) is 0.655. The Hall–Kier alpha value is -2.56. The van der Waals surface area contributed by atoms with Crippen LogP contribution in [0.2, 0.25) is 0 Å². The van der Waals surface area contributed by atoms with Gasteiger partial charge in [0.1, 0.15) is 16.9 Å². The van der Waals surface area contributed by atoms with Crippen LogP contribution in [0.1, 0.15) is 40.9 Å². The third kappa shape index (κ3) is 2.45. The van der Waals surface area contributed by atoms with Crippen LogP contribution in [-0.4, -0.2) is 23.9 Å². The Morgan fingerprint density at radius 2 is 1.58 bits per heavy atom. The first kappa shape index (κ1) is 16.9. The van der Waals surface area contributed by atoms with Crippen molar-refractivity contribution in [2.24, 2.45) is 0 Å². The van der Waals surface area contributed by atoms with E-state index in [0.717, 1.165) is 64.7 Å². The maximum absolute atomic E-state index is 12.6. The molecule has 0 atom stereocenters. The first-order valence-corrected chi connectivity index (χ1v) is 9.12. The van der Waals surface area contributed by atoms with Crippen LogP contribution < -0.4 is 5.63 Å². The summed E-state index contributed by atoms with van der Waals surface area (Å²) in [5.41, 5.74) is 4.08. The molecule has 0 N–H and O–H groups in total. The van der Waals surface area contributed by atoms with Crippen LogP contribution >= 0.6 is 0 Å². The second-order valence-electron chi connectivity index (χ2n) is 7.30. The van der Waals surface area contributed by atoms with Crippen molar-refractivity contribution < 1.29 is 13.6 Å². The lowest BCUT2D eigenvalue weighted by atomic mass is 9.98. The second kappa shape index (κ2) is 6.01. The van der Waals surface area contributed by atoms with Gasteiger partial charge in [0.15, 0.2) is 0 Å². The summed E-state index contributed by atoms with van der Waals surface area (Å²) in [5, 5.41) is 1.91. The van der Waals surface area contributed by atoms with Gasteiger partial charge >= 0.3 is 5.63 Å². The summed E-state index contributed by atoms with van der Waals surface area (Å²) in [6, 6.07) is 2.02. The molecule has 1 aliphatic heterocycles. The molecule has 1 aliphatic rings. The molecule has 1 amide bonds. The van der Waals surface area contributed by atoms with E-state index < -0.39 is 5.63 Å². The van der Waals surface area contributed by atoms with Crippen LogP contribution in [0, 0.1) is 27.7 Å². The number of amides is 1. The summed E-state index contributed by atoms with van der Waals surface area (Å²) in [4.78, 5) is 27.0. The van der Waals surface area contributed by atoms with Gasteiger partial charge in [0.2, 0.25) is 5.91 Å². The fourth-order valence-corrected chi connectivity index (χ4v) is 3.93. The van der Waals surface area contributed by atoms with E-state index in [4.69, 9.17) is 8.83 Å². The molecule has 0 aliphatic carbocycles. The van der Waals surface area contributed by atoms with Crippen molar-refractivity contribution in [2.75, 3.05) is 13.1 Å². The maximum atomic E-state index is 12.6. The first-order valence-electron chi connectivity index (χ1n) is 9.12. The summed E-state index contributed by atoms with van der Waals surface area (Å²) < 4.78 is 11.5. The number of carbonyl (C=O) groups excluding carboxylic acids is 1. The average molecular weight is 353 g/mol. The van der Waals surface area contributed by atoms with Crippen molar-refractivity contribution >= 4 is 27.8 Å². The van der Waals surface area contributed by atoms with Crippen molar-refractivity contribution in [1.82, 2.24) is 4.90 Å². The highest BCUT2D eigenvalue weighted by Gasteiger charge is 2.23. The third-order valence-corrected chi connectivity index (χ3v) is 5.73. The highest BCUT2D eigenvalue weighted by atomic mass is 16.4. The summed E-state index contributed by atoms with van der Waals surface area (Å²) >= 11 is 0. The number of hydrogen-bond donors (Lipinski definition) is 0. The number of hydrogen-bond acceptors (Lipinski definition) is 4. The molecule has 5 nitrogen and oxygen atoms in total. The average Bonchev–Trinajstić information content (AvgIpc) is 3.23. The highest BCUT2D eigenvalue weighted by molar-refractivity contribution is 6.00. The van der Waals surface area contributed by atoms with Crippen LogP contribution in [0.5, 0.6) is 0 Å². The number of likely N-dealkylation sites (tertiary alicyclic amines) is 1. The van der Waals surface area contributed by atoms with E-state index in [0.29, 0.717) is 11.1 Å². The smallest absolute Gasteiger partial charge is 0.340 e. The van der Waals surface area contributed by atoms with Crippen LogP contribution in [0.4, 0.5) is 0 Å². The highest BCUT2D eigenvalue weighted by Crippen LogP contribution is 2.34. The predicted octanol–water partition coefficient (Wildman–Crippen LogP) is 3.94. The number of nitrogens with zero attached hydrogens (tertiary/aromatic N) is 1. The summed E-state index contributed by atoms with van der Waals surface area (Å²) in [6.07, 6.45) is 2.17. The van der Waals surface area contributed by atoms with E-state index in [1.165, 1.54) is 0 Å². The monoisotopic (exact) mass is 353 g/mol. The fraction of sp³-hybridized carbons (Fsp3) is 0.429. The molecule has 2 aromatic heterocycles. The lowest BCUT2D eigenvalue weighted by Crippen LogP contribution is -2.31. The minimum atomic E-state index is -0.426. The molecule has 26 heavy (non-hydrogen) atoms. The summed E-state index contributed by atoms with van der Waals surface area (Å²) in [6.45, 7) is 9.33. The topological polar surface area (TPSA) is 63.7 Å². The number of aryl methyl sites for hydroxylation is 4. The Bertz CT molecular complexity index is 1100. The van der Waals surface area contributed by atoms with Gasteiger partial charge in [0.25, 0.3) is 0 Å². The van der Waals surface area contributed by atoms with Gasteiger partial charge in [-0.25, -0.2) is 4.79 Å². The Balaban J connectivity index is 1.90. The Labute approximate surface area is 151 Å². The van der Waals surface area contributed by atoms with Gasteiger partial charge in [-0.15, -0.1) is 0 Å². The van der Waals surface area contributed by atoms with Crippen molar-refractivity contribution in [3.05, 3.63) is 44.5 Å². The predicted molar refractivity (Wildman–Crippen MR) is 101 cm³/mol. The van der Waals surface area contributed by atoms with Gasteiger partial charge in [-0.3, -0.25) is 4.79 Å². The van der Waals surface area contributed by atoms with E-state index in [2.05, 4.69) is 0 Å². The van der Waals surface area contributed by atoms with Crippen molar-refractivity contribution in [3.8, 4) is 0 Å². The molecule has 1 aromatic carbocycles. The van der Waals surface area contributed by atoms with E-state index >= 15 is 0 Å². The number of furan rings is 1. The normalized spacial score (nSPS) is 14.7. The SMILES string of the molecule is Cc1oc2c(C)c3oc(=O)c(CC(=O)N4CCCC4)c(C)c3cc2c1C. The van der Waals surface area contributed by atoms with E-state index in [1.54, 1.807) is 0 Å². The Morgan fingerprint density at radius 3 is 2.27 bits per heavy atom. The minimum absolute atomic E-state index is 0.00499. The van der Waals surface area contributed by atoms with Gasteiger partial charge in [0.05, 0.1) is 12.0 Å². The lowest BCUT2D eigenvalue weighted by Gasteiger charge is -2.16. The second-order valence-corrected chi connectivity index (χ2v) is 7.30. The number of rotatable bonds is 2. The van der Waals surface area contributed by atoms with Crippen molar-refractivity contribution in [3.63, 3.8) is 0 Å². The van der Waals surface area contributed by atoms with Gasteiger partial charge in [-0.2, -0.15) is 0 Å². The molecule has 3 aromatic rings. The van der Waals surface area contributed by atoms with Gasteiger partial charge in [-0.05, 0) is 57.7 Å². The Kier molecular flexibility index (Phi) is 3.90. The molecule has 0 radical (unpaired) electrons. The van der Waals surface area contributed by atoms with Crippen LogP contribution in [0.25, 0.3) is 21.9 Å². The lowest BCUT2D eigenvalue weighted by molar-refractivity contribution is -0.129. The maximum Gasteiger partial charge on any atom is 0.340 e. The third-order valence-electron chi connectivity index (χ3n) is 5.73. The zero-order valence-corrected chi connectivity index (χ0v) is 15.7. The molecule has 3 heterocycles. The summed E-state index contributed by atoms with van der Waals surface area (Å²) in [5.74, 6) is 0.869. The molecule has 5 heteroatoms. The van der Waals surface area contributed by atoms with Crippen LogP contribution in [0.15, 0.2) is 19.7 Å². The van der Waals surface area contributed by atoms with Gasteiger partial charge in [-0.1, -0.05) is 0 Å². The largest absolute Gasteiger partial charge is 0.461 e. The molecule has 4 rings (SSSR count). The summed E-state index contributed by atoms with van der Waals surface area (Å²) in [7, 11) is 0. The first-order chi connectivity index (χ1) is 12.4. The molecule has 0 spiro atoms. The van der Waals surface area contributed by atoms with Gasteiger partial charge < -0.3 is 13.7 Å². The van der Waals surface area contributed by atoms with Crippen LogP contribution in [0.3, 0.4) is 0 Å². The van der Waals surface area contributed by atoms with E-state index in [-0.39, 0.29) is 12.3 Å². The van der Waals surface area contributed by atoms with Crippen molar-refractivity contribution in [2.45, 2.75) is 47.0 Å². The molecular weight excluding hydrogens is 330 g/mol. The molecule has 0 unspecified atom stereocenters. The molecule has 1 saturated heterocycles. The number of fused-ring (bicyclic) bond motifs is 2. The minimum Gasteiger partial charge on any atom is -0.461 e. The number of benzene rings is 1. The fourth-order valence-electron chi connectivity index (χ4n) is 3.93. The molecule has 1 fully saturated rings. The van der Waals surface area contributed by atoms with E-state index in [9.17, 15) is 9.59 Å². The standard InChI is InChI=1S/C21H23NO4/c1-11-14(4)25-19-13(3)20-16(9-15(11)19)12(2)17(21(24)26-20)10-18(23)22-7-5-6-8-22/h9H,5-8,10H2,1-4H3. The zero-order chi connectivity index (χ0) is 18.6. The molecule has 0 saturated carbocycles. The molecule has 136 valence electrons. The zero-order valence-electron chi connectivity index (χ0n) is 15.7. The van der Waals surface area contributed by atoms with Gasteiger partial charge in [0, 0.05) is 29.4 Å². The Morgan fingerprint density at radius 1 is 0.962 bits per heavy atom. The van der Waals surface area contributed by atoms with Crippen molar-refractivity contribution in [1.29, 1.82) is 0 Å². The molecular formula is C21H23NO4. The van der Waals surface area contributed by atoms with E-state index in [1.807, 2.05) is 38.7 Å². The van der Waals surface area contributed by atoms with Crippen LogP contribution in [-0.2, 0) is 11.2 Å². The number of carbonyl (C=O) groups is 1.